The largest absolute Gasteiger partial charge is 0.316 e. The first-order valence-electron chi connectivity index (χ1n) is 6.15. The summed E-state index contributed by atoms with van der Waals surface area (Å²) >= 11 is 0. The van der Waals surface area contributed by atoms with E-state index in [0.29, 0.717) is 19.4 Å². The van der Waals surface area contributed by atoms with Crippen molar-refractivity contribution in [3.63, 3.8) is 0 Å². The molecule has 2 rings (SSSR count). The molecule has 2 heterocycles. The molecule has 2 aliphatic rings. The number of hydrogen-bond donors (Lipinski definition) is 1. The fourth-order valence-corrected chi connectivity index (χ4v) is 2.61. The van der Waals surface area contributed by atoms with Crippen molar-refractivity contribution in [3.8, 4) is 0 Å². The molecule has 4 nitrogen and oxygen atoms in total. The highest BCUT2D eigenvalue weighted by Gasteiger charge is 2.34. The Labute approximate surface area is 96.4 Å². The van der Waals surface area contributed by atoms with Crippen molar-refractivity contribution in [2.24, 2.45) is 5.41 Å². The van der Waals surface area contributed by atoms with Crippen LogP contribution in [0.3, 0.4) is 0 Å². The van der Waals surface area contributed by atoms with Crippen LogP contribution in [0.2, 0.25) is 0 Å². The number of imide groups is 1. The average Bonchev–Trinajstić information content (AvgIpc) is 2.25. The number of carbonyl (C=O) groups is 2. The van der Waals surface area contributed by atoms with Crippen molar-refractivity contribution in [1.29, 1.82) is 0 Å². The Morgan fingerprint density at radius 2 is 1.94 bits per heavy atom. The van der Waals surface area contributed by atoms with Crippen LogP contribution in [0.5, 0.6) is 0 Å². The molecule has 2 aliphatic heterocycles. The Morgan fingerprint density at radius 1 is 1.25 bits per heavy atom. The van der Waals surface area contributed by atoms with Crippen molar-refractivity contribution < 1.29 is 9.59 Å². The van der Waals surface area contributed by atoms with Crippen LogP contribution in [-0.2, 0) is 9.59 Å². The fraction of sp³-hybridized carbons (Fsp3) is 0.833. The lowest BCUT2D eigenvalue weighted by Gasteiger charge is -2.38. The minimum Gasteiger partial charge on any atom is -0.316 e. The zero-order chi connectivity index (χ0) is 11.6. The highest BCUT2D eigenvalue weighted by molar-refractivity contribution is 5.97. The third-order valence-electron chi connectivity index (χ3n) is 3.61. The molecule has 1 unspecified atom stereocenters. The zero-order valence-electron chi connectivity index (χ0n) is 9.92. The summed E-state index contributed by atoms with van der Waals surface area (Å²) in [7, 11) is 0. The number of rotatable bonds is 2. The van der Waals surface area contributed by atoms with Gasteiger partial charge < -0.3 is 5.32 Å². The highest BCUT2D eigenvalue weighted by atomic mass is 16.2. The molecule has 90 valence electrons. The molecule has 0 aromatic heterocycles. The van der Waals surface area contributed by atoms with Crippen molar-refractivity contribution in [1.82, 2.24) is 10.2 Å². The van der Waals surface area contributed by atoms with Gasteiger partial charge in [-0.05, 0) is 31.2 Å². The molecule has 0 saturated carbocycles. The Balaban J connectivity index is 2.01. The van der Waals surface area contributed by atoms with Crippen molar-refractivity contribution in [2.45, 2.75) is 39.0 Å². The first kappa shape index (κ1) is 11.6. The number of hydrogen-bond acceptors (Lipinski definition) is 3. The molecule has 1 atom stereocenters. The zero-order valence-corrected chi connectivity index (χ0v) is 9.92. The SMILES string of the molecule is CC1(CN2C(=O)CCCC2=O)CCCNC1. The van der Waals surface area contributed by atoms with Gasteiger partial charge in [-0.3, -0.25) is 14.5 Å². The van der Waals surface area contributed by atoms with Gasteiger partial charge in [0.2, 0.25) is 11.8 Å². The van der Waals surface area contributed by atoms with Crippen LogP contribution in [0.25, 0.3) is 0 Å². The molecule has 0 aliphatic carbocycles. The van der Waals surface area contributed by atoms with E-state index >= 15 is 0 Å². The van der Waals surface area contributed by atoms with E-state index in [9.17, 15) is 9.59 Å². The summed E-state index contributed by atoms with van der Waals surface area (Å²) in [6.07, 6.45) is 4.03. The monoisotopic (exact) mass is 224 g/mol. The maximum Gasteiger partial charge on any atom is 0.229 e. The van der Waals surface area contributed by atoms with E-state index < -0.39 is 0 Å². The van der Waals surface area contributed by atoms with Gasteiger partial charge in [-0.2, -0.15) is 0 Å². The highest BCUT2D eigenvalue weighted by Crippen LogP contribution is 2.28. The number of nitrogens with one attached hydrogen (secondary N) is 1. The lowest BCUT2D eigenvalue weighted by molar-refractivity contribution is -0.150. The minimum atomic E-state index is 0.0167. The summed E-state index contributed by atoms with van der Waals surface area (Å²) in [4.78, 5) is 24.9. The van der Waals surface area contributed by atoms with Crippen LogP contribution in [0.4, 0.5) is 0 Å². The molecule has 16 heavy (non-hydrogen) atoms. The summed E-state index contributed by atoms with van der Waals surface area (Å²) in [6.45, 7) is 4.72. The molecule has 2 amide bonds. The summed E-state index contributed by atoms with van der Waals surface area (Å²) in [5.74, 6) is 0.0334. The predicted molar refractivity (Wildman–Crippen MR) is 60.8 cm³/mol. The standard InChI is InChI=1S/C12H20N2O2/c1-12(6-3-7-13-8-12)9-14-10(15)4-2-5-11(14)16/h13H,2-9H2,1H3. The fourth-order valence-electron chi connectivity index (χ4n) is 2.61. The van der Waals surface area contributed by atoms with Gasteiger partial charge in [0.25, 0.3) is 0 Å². The van der Waals surface area contributed by atoms with Gasteiger partial charge in [0.15, 0.2) is 0 Å². The van der Waals surface area contributed by atoms with Crippen LogP contribution in [0, 0.1) is 5.41 Å². The van der Waals surface area contributed by atoms with E-state index in [-0.39, 0.29) is 17.2 Å². The van der Waals surface area contributed by atoms with E-state index in [0.717, 1.165) is 32.4 Å². The molecule has 2 saturated heterocycles. The summed E-state index contributed by atoms with van der Waals surface area (Å²) in [5.41, 5.74) is 0.0703. The second kappa shape index (κ2) is 4.53. The smallest absolute Gasteiger partial charge is 0.229 e. The number of nitrogens with zero attached hydrogens (tertiary/aromatic N) is 1. The quantitative estimate of drug-likeness (QED) is 0.709. The molecule has 1 N–H and O–H groups in total. The molecule has 4 heteroatoms. The Kier molecular flexibility index (Phi) is 3.28. The number of piperidine rings is 2. The summed E-state index contributed by atoms with van der Waals surface area (Å²) in [6, 6.07) is 0. The molecule has 0 aromatic rings. The average molecular weight is 224 g/mol. The van der Waals surface area contributed by atoms with Crippen molar-refractivity contribution in [2.75, 3.05) is 19.6 Å². The first-order valence-corrected chi connectivity index (χ1v) is 6.15. The molecule has 0 spiro atoms. The molecule has 0 aromatic carbocycles. The molecule has 0 bridgehead atoms. The third-order valence-corrected chi connectivity index (χ3v) is 3.61. The van der Waals surface area contributed by atoms with Crippen LogP contribution in [0.1, 0.15) is 39.0 Å². The van der Waals surface area contributed by atoms with Gasteiger partial charge >= 0.3 is 0 Å². The van der Waals surface area contributed by atoms with Gasteiger partial charge in [0.05, 0.1) is 0 Å². The Hall–Kier alpha value is -0.900. The van der Waals surface area contributed by atoms with Crippen LogP contribution in [-0.4, -0.2) is 36.3 Å². The lowest BCUT2D eigenvalue weighted by atomic mass is 9.82. The van der Waals surface area contributed by atoms with Gasteiger partial charge in [0, 0.05) is 25.9 Å². The molecule has 0 radical (unpaired) electrons. The van der Waals surface area contributed by atoms with E-state index in [1.807, 2.05) is 0 Å². The van der Waals surface area contributed by atoms with Crippen molar-refractivity contribution >= 4 is 11.8 Å². The van der Waals surface area contributed by atoms with Crippen molar-refractivity contribution in [3.05, 3.63) is 0 Å². The van der Waals surface area contributed by atoms with Crippen LogP contribution >= 0.6 is 0 Å². The predicted octanol–water partition coefficient (Wildman–Crippen LogP) is 0.915. The van der Waals surface area contributed by atoms with E-state index in [4.69, 9.17) is 0 Å². The molecular formula is C12H20N2O2. The van der Waals surface area contributed by atoms with Gasteiger partial charge in [0.1, 0.15) is 0 Å². The molecular weight excluding hydrogens is 204 g/mol. The maximum absolute atomic E-state index is 11.7. The van der Waals surface area contributed by atoms with Crippen LogP contribution in [0.15, 0.2) is 0 Å². The number of likely N-dealkylation sites (tertiary alicyclic amines) is 1. The lowest BCUT2D eigenvalue weighted by Crippen LogP contribution is -2.50. The Bertz CT molecular complexity index is 279. The topological polar surface area (TPSA) is 49.4 Å². The van der Waals surface area contributed by atoms with Gasteiger partial charge in [-0.1, -0.05) is 6.92 Å². The Morgan fingerprint density at radius 3 is 2.50 bits per heavy atom. The minimum absolute atomic E-state index is 0.0167. The normalized spacial score (nSPS) is 31.9. The third kappa shape index (κ3) is 2.43. The summed E-state index contributed by atoms with van der Waals surface area (Å²) < 4.78 is 0. The number of amides is 2. The number of carbonyl (C=O) groups excluding carboxylic acids is 2. The molecule has 2 fully saturated rings. The second-order valence-electron chi connectivity index (χ2n) is 5.32. The van der Waals surface area contributed by atoms with Crippen LogP contribution < -0.4 is 5.32 Å². The summed E-state index contributed by atoms with van der Waals surface area (Å²) in [5, 5.41) is 3.35. The first-order chi connectivity index (χ1) is 7.61. The van der Waals surface area contributed by atoms with E-state index in [1.165, 1.54) is 4.90 Å². The van der Waals surface area contributed by atoms with Gasteiger partial charge in [-0.25, -0.2) is 0 Å². The second-order valence-corrected chi connectivity index (χ2v) is 5.32. The van der Waals surface area contributed by atoms with Gasteiger partial charge in [-0.15, -0.1) is 0 Å². The van der Waals surface area contributed by atoms with E-state index in [1.54, 1.807) is 0 Å². The van der Waals surface area contributed by atoms with E-state index in [2.05, 4.69) is 12.2 Å². The maximum atomic E-state index is 11.7.